The van der Waals surface area contributed by atoms with E-state index in [1.807, 2.05) is 17.0 Å². The molecule has 1 fully saturated rings. The van der Waals surface area contributed by atoms with E-state index in [1.165, 1.54) is 12.8 Å². The molecule has 1 saturated carbocycles. The van der Waals surface area contributed by atoms with Crippen molar-refractivity contribution in [3.8, 4) is 11.3 Å². The smallest absolute Gasteiger partial charge is 0.227 e. The average molecular weight is 373 g/mol. The first-order valence-corrected chi connectivity index (χ1v) is 9.26. The maximum Gasteiger partial charge on any atom is 0.227 e. The predicted molar refractivity (Wildman–Crippen MR) is 99.6 cm³/mol. The highest BCUT2D eigenvalue weighted by molar-refractivity contribution is 6.32. The zero-order chi connectivity index (χ0) is 18.1. The van der Waals surface area contributed by atoms with E-state index in [0.29, 0.717) is 22.7 Å². The molecule has 0 radical (unpaired) electrons. The van der Waals surface area contributed by atoms with Crippen LogP contribution in [-0.4, -0.2) is 32.7 Å². The van der Waals surface area contributed by atoms with Crippen LogP contribution in [0.1, 0.15) is 38.1 Å². The highest BCUT2D eigenvalue weighted by Gasteiger charge is 2.25. The van der Waals surface area contributed by atoms with Gasteiger partial charge in [-0.25, -0.2) is 9.97 Å². The van der Waals surface area contributed by atoms with E-state index in [-0.39, 0.29) is 11.8 Å². The molecule has 0 bridgehead atoms. The molecule has 2 aliphatic carbocycles. The second kappa shape index (κ2) is 7.07. The number of nitrogens with zero attached hydrogens (tertiary/aromatic N) is 4. The van der Waals surface area contributed by atoms with E-state index in [1.54, 1.807) is 19.4 Å². The van der Waals surface area contributed by atoms with E-state index in [0.717, 1.165) is 30.5 Å². The van der Waals surface area contributed by atoms with Crippen LogP contribution in [0.3, 0.4) is 0 Å². The van der Waals surface area contributed by atoms with Crippen molar-refractivity contribution in [1.29, 1.82) is 0 Å². The number of amides is 1. The van der Waals surface area contributed by atoms with Crippen LogP contribution in [0.5, 0.6) is 0 Å². The normalized spacial score (nSPS) is 19.8. The number of nitrogens with one attached hydrogen (secondary N) is 2. The highest BCUT2D eigenvalue weighted by Crippen LogP contribution is 2.36. The topological polar surface area (TPSA) is 84.7 Å². The molecule has 2 heterocycles. The van der Waals surface area contributed by atoms with Crippen molar-refractivity contribution >= 4 is 23.5 Å². The third-order valence-corrected chi connectivity index (χ3v) is 5.12. The van der Waals surface area contributed by atoms with Crippen LogP contribution in [0.25, 0.3) is 11.3 Å². The lowest BCUT2D eigenvalue weighted by Gasteiger charge is -2.21. The second-order valence-corrected chi connectivity index (χ2v) is 7.18. The number of allylic oxidation sites excluding steroid dienone is 2. The third kappa shape index (κ3) is 3.58. The fourth-order valence-electron chi connectivity index (χ4n) is 3.16. The summed E-state index contributed by atoms with van der Waals surface area (Å²) < 4.78 is 1.98. The minimum atomic E-state index is 0.0421. The number of carbonyl (C=O) groups is 1. The average Bonchev–Trinajstić information content (AvgIpc) is 3.40. The van der Waals surface area contributed by atoms with Gasteiger partial charge in [0.15, 0.2) is 0 Å². The first-order chi connectivity index (χ1) is 12.6. The van der Waals surface area contributed by atoms with Crippen molar-refractivity contribution in [2.45, 2.75) is 38.1 Å². The van der Waals surface area contributed by atoms with E-state index >= 15 is 0 Å². The summed E-state index contributed by atoms with van der Waals surface area (Å²) in [5, 5.41) is 10.9. The highest BCUT2D eigenvalue weighted by atomic mass is 35.5. The minimum Gasteiger partial charge on any atom is -0.359 e. The molecule has 2 N–H and O–H groups in total. The second-order valence-electron chi connectivity index (χ2n) is 6.77. The molecular weight excluding hydrogens is 352 g/mol. The van der Waals surface area contributed by atoms with Crippen LogP contribution >= 0.6 is 11.6 Å². The number of aromatic nitrogens is 4. The monoisotopic (exact) mass is 372 g/mol. The molecule has 8 heteroatoms. The van der Waals surface area contributed by atoms with Gasteiger partial charge in [0.05, 0.1) is 29.2 Å². The molecule has 0 aliphatic heterocycles. The summed E-state index contributed by atoms with van der Waals surface area (Å²) in [5.74, 6) is 0.645. The molecule has 2 aromatic heterocycles. The number of anilines is 1. The van der Waals surface area contributed by atoms with Crippen LogP contribution in [0.4, 0.5) is 5.95 Å². The van der Waals surface area contributed by atoms with Gasteiger partial charge in [0.25, 0.3) is 0 Å². The summed E-state index contributed by atoms with van der Waals surface area (Å²) in [6, 6.07) is 0.516. The van der Waals surface area contributed by atoms with Gasteiger partial charge < -0.3 is 10.6 Å². The number of rotatable bonds is 5. The van der Waals surface area contributed by atoms with Gasteiger partial charge in [-0.05, 0) is 32.1 Å². The number of hydrogen-bond acceptors (Lipinski definition) is 5. The lowest BCUT2D eigenvalue weighted by Crippen LogP contribution is -2.29. The maximum atomic E-state index is 11.7. The molecule has 0 aromatic carbocycles. The Morgan fingerprint density at radius 1 is 1.31 bits per heavy atom. The van der Waals surface area contributed by atoms with Gasteiger partial charge in [-0.2, -0.15) is 5.10 Å². The van der Waals surface area contributed by atoms with Gasteiger partial charge in [-0.15, -0.1) is 0 Å². The van der Waals surface area contributed by atoms with Gasteiger partial charge >= 0.3 is 0 Å². The molecule has 136 valence electrons. The molecule has 0 spiro atoms. The molecular formula is C18H21ClN6O. The van der Waals surface area contributed by atoms with Crippen LogP contribution in [0.2, 0.25) is 5.02 Å². The van der Waals surface area contributed by atoms with Crippen LogP contribution in [0.15, 0.2) is 30.4 Å². The molecule has 0 unspecified atom stereocenters. The van der Waals surface area contributed by atoms with Gasteiger partial charge in [0.2, 0.25) is 11.9 Å². The molecule has 1 amide bonds. The van der Waals surface area contributed by atoms with Crippen LogP contribution in [0, 0.1) is 5.92 Å². The molecule has 2 aromatic rings. The fourth-order valence-corrected chi connectivity index (χ4v) is 3.36. The zero-order valence-electron chi connectivity index (χ0n) is 14.6. The standard InChI is InChI=1S/C18H21ClN6O/c1-20-17(26)11-2-4-13(5-3-11)23-18-21-9-15(19)16(24-18)12-8-22-25(10-12)14-6-7-14/h4,8-11,14H,2-3,5-7H2,1H3,(H,20,26)(H,21,23,24)/t11-/m1/s1. The number of hydrogen-bond donors (Lipinski definition) is 2. The Kier molecular flexibility index (Phi) is 4.63. The first-order valence-electron chi connectivity index (χ1n) is 8.88. The molecule has 0 saturated heterocycles. The van der Waals surface area contributed by atoms with Crippen molar-refractivity contribution in [3.05, 3.63) is 35.4 Å². The lowest BCUT2D eigenvalue weighted by molar-refractivity contribution is -0.124. The summed E-state index contributed by atoms with van der Waals surface area (Å²) in [4.78, 5) is 20.6. The largest absolute Gasteiger partial charge is 0.359 e. The lowest BCUT2D eigenvalue weighted by atomic mass is 9.92. The molecule has 26 heavy (non-hydrogen) atoms. The van der Waals surface area contributed by atoms with E-state index in [4.69, 9.17) is 11.6 Å². The Labute approximate surface area is 156 Å². The zero-order valence-corrected chi connectivity index (χ0v) is 15.3. The number of halogens is 1. The summed E-state index contributed by atoms with van der Waals surface area (Å²) in [7, 11) is 1.67. The van der Waals surface area contributed by atoms with Crippen molar-refractivity contribution in [2.24, 2.45) is 5.92 Å². The van der Waals surface area contributed by atoms with Gasteiger partial charge in [0, 0.05) is 30.4 Å². The van der Waals surface area contributed by atoms with Gasteiger partial charge in [-0.1, -0.05) is 17.7 Å². The van der Waals surface area contributed by atoms with E-state index in [9.17, 15) is 4.79 Å². The van der Waals surface area contributed by atoms with Crippen molar-refractivity contribution < 1.29 is 4.79 Å². The Morgan fingerprint density at radius 2 is 2.15 bits per heavy atom. The quantitative estimate of drug-likeness (QED) is 0.842. The van der Waals surface area contributed by atoms with E-state index in [2.05, 4.69) is 25.7 Å². The third-order valence-electron chi connectivity index (χ3n) is 4.84. The van der Waals surface area contributed by atoms with Gasteiger partial charge in [-0.3, -0.25) is 9.48 Å². The Balaban J connectivity index is 1.49. The van der Waals surface area contributed by atoms with Crippen molar-refractivity contribution in [3.63, 3.8) is 0 Å². The van der Waals surface area contributed by atoms with Crippen molar-refractivity contribution in [2.75, 3.05) is 12.4 Å². The molecule has 4 rings (SSSR count). The van der Waals surface area contributed by atoms with Crippen LogP contribution in [-0.2, 0) is 4.79 Å². The summed E-state index contributed by atoms with van der Waals surface area (Å²) in [5.41, 5.74) is 2.60. The first kappa shape index (κ1) is 17.0. The van der Waals surface area contributed by atoms with Gasteiger partial charge in [0.1, 0.15) is 0 Å². The van der Waals surface area contributed by atoms with Crippen LogP contribution < -0.4 is 10.6 Å². The molecule has 7 nitrogen and oxygen atoms in total. The van der Waals surface area contributed by atoms with E-state index < -0.39 is 0 Å². The molecule has 1 atom stereocenters. The fraction of sp³-hybridized carbons (Fsp3) is 0.444. The Hall–Kier alpha value is -2.41. The summed E-state index contributed by atoms with van der Waals surface area (Å²) in [6.07, 6.45) is 12.1. The maximum absolute atomic E-state index is 11.7. The Morgan fingerprint density at radius 3 is 2.85 bits per heavy atom. The summed E-state index contributed by atoms with van der Waals surface area (Å²) in [6.45, 7) is 0. The summed E-state index contributed by atoms with van der Waals surface area (Å²) >= 11 is 6.30. The molecule has 2 aliphatic rings. The number of carbonyl (C=O) groups excluding carboxylic acids is 1. The minimum absolute atomic E-state index is 0.0421. The van der Waals surface area contributed by atoms with Crippen molar-refractivity contribution in [1.82, 2.24) is 25.1 Å². The SMILES string of the molecule is CNC(=O)[C@@H]1CC=C(Nc2ncc(Cl)c(-c3cnn(C4CC4)c3)n2)CC1. The Bertz CT molecular complexity index is 857. The predicted octanol–water partition coefficient (Wildman–Crippen LogP) is 3.17.